The summed E-state index contributed by atoms with van der Waals surface area (Å²) in [7, 11) is 9.67. The second-order valence-corrected chi connectivity index (χ2v) is 3.85. The standard InChI is InChI=1S/C4H8O.C2H6.CH3.2ClH.Rh/c1-2-4-5-3-1;1-2;;;;/h1-4H2;1-2H3;1H3;2*1H;/q;;-1;;;+3/p-2. The quantitative estimate of drug-likeness (QED) is 0.489. The van der Waals surface area contributed by atoms with Crippen molar-refractivity contribution < 1.29 is 19.9 Å². The van der Waals surface area contributed by atoms with Crippen LogP contribution < -0.4 is 0 Å². The van der Waals surface area contributed by atoms with Gasteiger partial charge in [0.25, 0.3) is 0 Å². The minimum absolute atomic E-state index is 0. The van der Waals surface area contributed by atoms with Crippen molar-refractivity contribution in [2.24, 2.45) is 0 Å². The van der Waals surface area contributed by atoms with E-state index in [-0.39, 0.29) is 22.6 Å². The summed E-state index contributed by atoms with van der Waals surface area (Å²) in [5.74, 6) is 0. The molecule has 0 bridgehead atoms. The molecule has 0 aromatic rings. The van der Waals surface area contributed by atoms with Gasteiger partial charge in [-0.2, -0.15) is 0 Å². The van der Waals surface area contributed by atoms with Crippen molar-refractivity contribution in [3.8, 4) is 0 Å². The first-order chi connectivity index (χ1) is 4.91. The predicted octanol–water partition coefficient (Wildman–Crippen LogP) is 3.65. The fraction of sp³-hybridized carbons (Fsp3) is 0.857. The molecule has 0 saturated carbocycles. The summed E-state index contributed by atoms with van der Waals surface area (Å²) in [6, 6.07) is 0. The van der Waals surface area contributed by atoms with Gasteiger partial charge in [0, 0.05) is 13.2 Å². The summed E-state index contributed by atoms with van der Waals surface area (Å²) in [6.07, 6.45) is 2.56. The van der Waals surface area contributed by atoms with E-state index in [4.69, 9.17) is 24.1 Å². The monoisotopic (exact) mass is 290 g/mol. The van der Waals surface area contributed by atoms with E-state index in [1.54, 1.807) is 0 Å². The van der Waals surface area contributed by atoms with Crippen LogP contribution in [0.25, 0.3) is 0 Å². The third-order valence-electron chi connectivity index (χ3n) is 0.827. The van der Waals surface area contributed by atoms with Crippen molar-refractivity contribution in [2.45, 2.75) is 26.7 Å². The number of halogens is 2. The Morgan fingerprint density at radius 3 is 1.45 bits per heavy atom. The van der Waals surface area contributed by atoms with Crippen molar-refractivity contribution in [1.82, 2.24) is 0 Å². The van der Waals surface area contributed by atoms with E-state index >= 15 is 0 Å². The van der Waals surface area contributed by atoms with Crippen LogP contribution in [0, 0.1) is 7.43 Å². The van der Waals surface area contributed by atoms with Gasteiger partial charge >= 0.3 is 34.5 Å². The second-order valence-electron chi connectivity index (χ2n) is 1.37. The first-order valence-corrected chi connectivity index (χ1v) is 7.55. The molecular formula is C7H17Cl2ORh. The zero-order valence-electron chi connectivity index (χ0n) is 7.33. The number of rotatable bonds is 0. The molecule has 11 heavy (non-hydrogen) atoms. The molecular weight excluding hydrogens is 274 g/mol. The first kappa shape index (κ1) is 18.1. The Labute approximate surface area is 86.5 Å². The molecule has 0 aliphatic carbocycles. The summed E-state index contributed by atoms with van der Waals surface area (Å²) >= 11 is -0.226. The van der Waals surface area contributed by atoms with Gasteiger partial charge in [0.1, 0.15) is 0 Å². The summed E-state index contributed by atoms with van der Waals surface area (Å²) in [5.41, 5.74) is 0. The van der Waals surface area contributed by atoms with Gasteiger partial charge in [-0.05, 0) is 12.8 Å². The Bertz CT molecular complexity index is 35.8. The van der Waals surface area contributed by atoms with E-state index in [1.165, 1.54) is 12.8 Å². The molecule has 0 atom stereocenters. The average Bonchev–Trinajstić information content (AvgIpc) is 2.48. The molecule has 1 fully saturated rings. The molecule has 0 unspecified atom stereocenters. The zero-order chi connectivity index (χ0) is 8.24. The van der Waals surface area contributed by atoms with Gasteiger partial charge in [0.2, 0.25) is 0 Å². The van der Waals surface area contributed by atoms with Crippen LogP contribution in [0.5, 0.6) is 0 Å². The Morgan fingerprint density at radius 1 is 1.09 bits per heavy atom. The van der Waals surface area contributed by atoms with Crippen LogP contribution in [0.1, 0.15) is 26.7 Å². The molecule has 0 amide bonds. The van der Waals surface area contributed by atoms with E-state index < -0.39 is 0 Å². The van der Waals surface area contributed by atoms with Gasteiger partial charge in [0.15, 0.2) is 0 Å². The molecule has 0 aromatic heterocycles. The maximum atomic E-state index is 4.94. The van der Waals surface area contributed by atoms with E-state index in [0.717, 1.165) is 13.2 Å². The first-order valence-electron chi connectivity index (χ1n) is 3.33. The Hall–Kier alpha value is 1.16. The number of hydrogen-bond donors (Lipinski definition) is 0. The molecule has 1 heterocycles. The average molecular weight is 291 g/mol. The molecule has 0 aromatic carbocycles. The van der Waals surface area contributed by atoms with Gasteiger partial charge in [-0.15, -0.1) is 0 Å². The topological polar surface area (TPSA) is 9.23 Å². The van der Waals surface area contributed by atoms with E-state index in [1.807, 2.05) is 13.8 Å². The second kappa shape index (κ2) is 22.5. The molecule has 1 aliphatic heterocycles. The molecule has 1 aliphatic rings. The summed E-state index contributed by atoms with van der Waals surface area (Å²) in [5, 5.41) is 0. The van der Waals surface area contributed by atoms with Crippen molar-refractivity contribution in [2.75, 3.05) is 13.2 Å². The van der Waals surface area contributed by atoms with Crippen LogP contribution in [0.4, 0.5) is 0 Å². The van der Waals surface area contributed by atoms with Crippen molar-refractivity contribution in [1.29, 1.82) is 0 Å². The molecule has 0 N–H and O–H groups in total. The fourth-order valence-electron chi connectivity index (χ4n) is 0.510. The summed E-state index contributed by atoms with van der Waals surface area (Å²) in [4.78, 5) is 0. The minimum atomic E-state index is -0.226. The van der Waals surface area contributed by atoms with Gasteiger partial charge in [-0.1, -0.05) is 13.8 Å². The predicted molar refractivity (Wildman–Crippen MR) is 49.5 cm³/mol. The third kappa shape index (κ3) is 24.7. The molecule has 1 saturated heterocycles. The van der Waals surface area contributed by atoms with Crippen LogP contribution in [-0.4, -0.2) is 13.2 Å². The molecule has 4 heteroatoms. The third-order valence-corrected chi connectivity index (χ3v) is 0.827. The maximum absolute atomic E-state index is 4.94. The molecule has 0 spiro atoms. The van der Waals surface area contributed by atoms with E-state index in [2.05, 4.69) is 0 Å². The van der Waals surface area contributed by atoms with Gasteiger partial charge in [-0.3, -0.25) is 0 Å². The van der Waals surface area contributed by atoms with Gasteiger partial charge < -0.3 is 12.2 Å². The van der Waals surface area contributed by atoms with Crippen LogP contribution in [-0.2, 0) is 19.9 Å². The molecule has 1 nitrogen and oxygen atoms in total. The molecule has 74 valence electrons. The summed E-state index contributed by atoms with van der Waals surface area (Å²) in [6.45, 7) is 6.00. The fourth-order valence-corrected chi connectivity index (χ4v) is 0.510. The molecule has 0 radical (unpaired) electrons. The Balaban J connectivity index is -0.0000000956. The van der Waals surface area contributed by atoms with Crippen LogP contribution >= 0.6 is 19.4 Å². The zero-order valence-corrected chi connectivity index (χ0v) is 10.5. The van der Waals surface area contributed by atoms with E-state index in [0.29, 0.717) is 0 Å². The van der Waals surface area contributed by atoms with Crippen molar-refractivity contribution >= 4 is 19.4 Å². The van der Waals surface area contributed by atoms with Gasteiger partial charge in [0.05, 0.1) is 0 Å². The normalized spacial score (nSPS) is 13.5. The molecule has 1 rings (SSSR count). The summed E-state index contributed by atoms with van der Waals surface area (Å²) < 4.78 is 4.94. The van der Waals surface area contributed by atoms with Gasteiger partial charge in [-0.25, -0.2) is 0 Å². The SMILES string of the molecule is C1CCOC1.CC.[CH3-].[Cl][Rh+][Cl]. The van der Waals surface area contributed by atoms with E-state index in [9.17, 15) is 0 Å². The number of ether oxygens (including phenoxy) is 1. The number of hydrogen-bond acceptors (Lipinski definition) is 1. The van der Waals surface area contributed by atoms with Crippen molar-refractivity contribution in [3.63, 3.8) is 0 Å². The Morgan fingerprint density at radius 2 is 1.36 bits per heavy atom. The van der Waals surface area contributed by atoms with Crippen LogP contribution in [0.15, 0.2) is 0 Å². The van der Waals surface area contributed by atoms with Crippen LogP contribution in [0.3, 0.4) is 0 Å². The Kier molecular flexibility index (Phi) is 36.9. The van der Waals surface area contributed by atoms with Crippen molar-refractivity contribution in [3.05, 3.63) is 7.43 Å². The van der Waals surface area contributed by atoms with Crippen LogP contribution in [0.2, 0.25) is 0 Å².